The Hall–Kier alpha value is -1.67. The third-order valence-corrected chi connectivity index (χ3v) is 4.32. The Kier molecular flexibility index (Phi) is 4.12. The second kappa shape index (κ2) is 6.19. The first-order valence-corrected chi connectivity index (χ1v) is 7.63. The van der Waals surface area contributed by atoms with Gasteiger partial charge in [-0.2, -0.15) is 0 Å². The van der Waals surface area contributed by atoms with Crippen LogP contribution in [0.3, 0.4) is 0 Å². The zero-order valence-corrected chi connectivity index (χ0v) is 11.9. The number of benzene rings is 1. The van der Waals surface area contributed by atoms with E-state index in [9.17, 15) is 0 Å². The maximum Gasteiger partial charge on any atom is 0.0709 e. The summed E-state index contributed by atoms with van der Waals surface area (Å²) in [6.45, 7) is 0.652. The molecule has 3 rings (SSSR count). The Balaban J connectivity index is 1.90. The van der Waals surface area contributed by atoms with Gasteiger partial charge in [0.15, 0.2) is 0 Å². The monoisotopic (exact) mass is 266 g/mol. The van der Waals surface area contributed by atoms with Crippen molar-refractivity contribution in [3.8, 4) is 0 Å². The van der Waals surface area contributed by atoms with E-state index in [0.717, 1.165) is 11.2 Å². The van der Waals surface area contributed by atoms with Crippen LogP contribution in [0.25, 0.3) is 17.0 Å². The largest absolute Gasteiger partial charge is 0.327 e. The molecule has 2 N–H and O–H groups in total. The molecule has 1 aromatic carbocycles. The summed E-state index contributed by atoms with van der Waals surface area (Å²) in [5, 5.41) is 1.19. The molecule has 20 heavy (non-hydrogen) atoms. The van der Waals surface area contributed by atoms with Crippen LogP contribution in [0.4, 0.5) is 0 Å². The maximum absolute atomic E-state index is 5.97. The van der Waals surface area contributed by atoms with Crippen LogP contribution in [-0.2, 0) is 0 Å². The van der Waals surface area contributed by atoms with Crippen LogP contribution in [0.5, 0.6) is 0 Å². The lowest BCUT2D eigenvalue weighted by molar-refractivity contribution is 0.401. The van der Waals surface area contributed by atoms with Gasteiger partial charge >= 0.3 is 0 Å². The van der Waals surface area contributed by atoms with E-state index in [2.05, 4.69) is 30.3 Å². The third kappa shape index (κ3) is 2.91. The number of rotatable bonds is 3. The van der Waals surface area contributed by atoms with Crippen LogP contribution in [0.1, 0.15) is 37.8 Å². The van der Waals surface area contributed by atoms with Gasteiger partial charge in [0.05, 0.1) is 11.2 Å². The van der Waals surface area contributed by atoms with E-state index < -0.39 is 0 Å². The molecule has 1 saturated carbocycles. The molecule has 0 radical (unpaired) electrons. The molecule has 0 atom stereocenters. The van der Waals surface area contributed by atoms with Gasteiger partial charge < -0.3 is 5.73 Å². The van der Waals surface area contributed by atoms with Crippen molar-refractivity contribution in [3.63, 3.8) is 0 Å². The van der Waals surface area contributed by atoms with Crippen LogP contribution in [0, 0.1) is 5.92 Å². The smallest absolute Gasteiger partial charge is 0.0709 e. The molecular weight excluding hydrogens is 244 g/mol. The number of hydrogen-bond donors (Lipinski definition) is 1. The van der Waals surface area contributed by atoms with Gasteiger partial charge in [0.2, 0.25) is 0 Å². The lowest BCUT2D eigenvalue weighted by Gasteiger charge is -2.23. The minimum atomic E-state index is 0.652. The standard InChI is InChI=1S/C18H22N2/c19-13-16(14-6-2-1-3-7-14)12-17-11-10-15-8-4-5-9-18(15)20-17/h4-5,8-12,14H,1-3,6-7,13,19H2/b16-12-. The number of para-hydroxylation sites is 1. The van der Waals surface area contributed by atoms with E-state index in [-0.39, 0.29) is 0 Å². The molecule has 1 aromatic heterocycles. The van der Waals surface area contributed by atoms with Gasteiger partial charge in [0, 0.05) is 11.9 Å². The Morgan fingerprint density at radius 3 is 2.70 bits per heavy atom. The Morgan fingerprint density at radius 1 is 1.10 bits per heavy atom. The summed E-state index contributed by atoms with van der Waals surface area (Å²) in [4.78, 5) is 4.73. The van der Waals surface area contributed by atoms with E-state index >= 15 is 0 Å². The predicted molar refractivity (Wildman–Crippen MR) is 85.3 cm³/mol. The second-order valence-electron chi connectivity index (χ2n) is 5.69. The lowest BCUT2D eigenvalue weighted by Crippen LogP contribution is -2.16. The highest BCUT2D eigenvalue weighted by molar-refractivity contribution is 5.79. The summed E-state index contributed by atoms with van der Waals surface area (Å²) >= 11 is 0. The highest BCUT2D eigenvalue weighted by atomic mass is 14.7. The van der Waals surface area contributed by atoms with Crippen LogP contribution >= 0.6 is 0 Å². The quantitative estimate of drug-likeness (QED) is 0.906. The Bertz CT molecular complexity index is 610. The molecule has 0 aliphatic heterocycles. The highest BCUT2D eigenvalue weighted by Crippen LogP contribution is 2.30. The number of pyridine rings is 1. The first-order valence-electron chi connectivity index (χ1n) is 7.63. The summed E-state index contributed by atoms with van der Waals surface area (Å²) in [5.74, 6) is 0.669. The summed E-state index contributed by atoms with van der Waals surface area (Å²) < 4.78 is 0. The number of aromatic nitrogens is 1. The molecule has 2 heteroatoms. The van der Waals surface area contributed by atoms with Crippen molar-refractivity contribution in [1.29, 1.82) is 0 Å². The highest BCUT2D eigenvalue weighted by Gasteiger charge is 2.16. The zero-order valence-electron chi connectivity index (χ0n) is 11.9. The number of fused-ring (bicyclic) bond motifs is 1. The molecule has 0 saturated heterocycles. The molecule has 2 nitrogen and oxygen atoms in total. The lowest BCUT2D eigenvalue weighted by atomic mass is 9.83. The molecule has 1 heterocycles. The van der Waals surface area contributed by atoms with E-state index in [1.165, 1.54) is 43.1 Å². The fourth-order valence-electron chi connectivity index (χ4n) is 3.17. The molecule has 0 bridgehead atoms. The minimum Gasteiger partial charge on any atom is -0.327 e. The third-order valence-electron chi connectivity index (χ3n) is 4.32. The fourth-order valence-corrected chi connectivity index (χ4v) is 3.17. The van der Waals surface area contributed by atoms with E-state index in [1.54, 1.807) is 0 Å². The number of hydrogen-bond acceptors (Lipinski definition) is 2. The van der Waals surface area contributed by atoms with Crippen molar-refractivity contribution in [2.75, 3.05) is 6.54 Å². The summed E-state index contributed by atoms with van der Waals surface area (Å²) in [6.07, 6.45) is 8.85. The van der Waals surface area contributed by atoms with Gasteiger partial charge in [-0.25, -0.2) is 4.98 Å². The van der Waals surface area contributed by atoms with Gasteiger partial charge in [-0.15, -0.1) is 0 Å². The topological polar surface area (TPSA) is 38.9 Å². The maximum atomic E-state index is 5.97. The van der Waals surface area contributed by atoms with Crippen LogP contribution < -0.4 is 5.73 Å². The number of nitrogens with zero attached hydrogens (tertiary/aromatic N) is 1. The molecule has 104 valence electrons. The van der Waals surface area contributed by atoms with Crippen molar-refractivity contribution in [2.45, 2.75) is 32.1 Å². The van der Waals surface area contributed by atoms with E-state index in [0.29, 0.717) is 12.5 Å². The zero-order chi connectivity index (χ0) is 13.8. The van der Waals surface area contributed by atoms with Gasteiger partial charge in [0.1, 0.15) is 0 Å². The van der Waals surface area contributed by atoms with Crippen molar-refractivity contribution in [3.05, 3.63) is 47.7 Å². The summed E-state index contributed by atoms with van der Waals surface area (Å²) in [7, 11) is 0. The fraction of sp³-hybridized carbons (Fsp3) is 0.389. The Labute approximate surface area is 120 Å². The molecular formula is C18H22N2. The second-order valence-corrected chi connectivity index (χ2v) is 5.69. The van der Waals surface area contributed by atoms with Crippen LogP contribution in [0.15, 0.2) is 42.0 Å². The Morgan fingerprint density at radius 2 is 1.90 bits per heavy atom. The van der Waals surface area contributed by atoms with Crippen molar-refractivity contribution in [1.82, 2.24) is 4.98 Å². The molecule has 0 amide bonds. The average Bonchev–Trinajstić information content (AvgIpc) is 2.53. The van der Waals surface area contributed by atoms with Gasteiger partial charge in [-0.05, 0) is 37.0 Å². The average molecular weight is 266 g/mol. The predicted octanol–water partition coefficient (Wildman–Crippen LogP) is 4.16. The van der Waals surface area contributed by atoms with E-state index in [1.807, 2.05) is 12.1 Å². The van der Waals surface area contributed by atoms with E-state index in [4.69, 9.17) is 10.7 Å². The minimum absolute atomic E-state index is 0.652. The van der Waals surface area contributed by atoms with Crippen molar-refractivity contribution >= 4 is 17.0 Å². The first-order chi connectivity index (χ1) is 9.86. The van der Waals surface area contributed by atoms with Gasteiger partial charge in [-0.3, -0.25) is 0 Å². The molecule has 2 aromatic rings. The van der Waals surface area contributed by atoms with Gasteiger partial charge in [0.25, 0.3) is 0 Å². The van der Waals surface area contributed by atoms with Crippen molar-refractivity contribution in [2.24, 2.45) is 11.7 Å². The summed E-state index contributed by atoms with van der Waals surface area (Å²) in [6, 6.07) is 12.5. The first kappa shape index (κ1) is 13.3. The normalized spacial score (nSPS) is 17.6. The van der Waals surface area contributed by atoms with Crippen LogP contribution in [-0.4, -0.2) is 11.5 Å². The molecule has 1 aliphatic rings. The molecule has 0 spiro atoms. The van der Waals surface area contributed by atoms with Crippen LogP contribution in [0.2, 0.25) is 0 Å². The van der Waals surface area contributed by atoms with Gasteiger partial charge in [-0.1, -0.05) is 49.1 Å². The van der Waals surface area contributed by atoms with Crippen molar-refractivity contribution < 1.29 is 0 Å². The molecule has 1 fully saturated rings. The number of nitrogens with two attached hydrogens (primary N) is 1. The molecule has 0 unspecified atom stereocenters. The summed E-state index contributed by atoms with van der Waals surface area (Å²) in [5.41, 5.74) is 9.43. The molecule has 1 aliphatic carbocycles. The SMILES string of the molecule is NC/C(=C/c1ccc2ccccc2n1)C1CCCCC1.